The minimum Gasteiger partial charge on any atom is -0.480 e. The zero-order valence-corrected chi connectivity index (χ0v) is 7.21. The Bertz CT molecular complexity index is 209. The van der Waals surface area contributed by atoms with Gasteiger partial charge in [0.15, 0.2) is 0 Å². The Balaban J connectivity index is 2.63. The van der Waals surface area contributed by atoms with Crippen LogP contribution in [0.25, 0.3) is 0 Å². The van der Waals surface area contributed by atoms with Gasteiger partial charge in [0, 0.05) is 5.75 Å². The van der Waals surface area contributed by atoms with E-state index in [2.05, 4.69) is 0 Å². The molecule has 1 aliphatic rings. The van der Waals surface area contributed by atoms with Gasteiger partial charge in [0.25, 0.3) is 0 Å². The number of hydrogen-bond donors (Lipinski definition) is 2. The Morgan fingerprint density at radius 3 is 2.83 bits per heavy atom. The van der Waals surface area contributed by atoms with Gasteiger partial charge in [-0.2, -0.15) is 0 Å². The quantitative estimate of drug-likeness (QED) is 0.579. The van der Waals surface area contributed by atoms with Crippen molar-refractivity contribution in [1.29, 1.82) is 0 Å². The summed E-state index contributed by atoms with van der Waals surface area (Å²) >= 11 is 1.43. The minimum absolute atomic E-state index is 0.121. The fourth-order valence-electron chi connectivity index (χ4n) is 1.01. The standard InChI is InChI=1S/C6H10N2O3S/c7-1-5(9)8-3-12-2-4(8)6(10)11/h4H,1-3,7H2,(H,10,11)/t4-/m0/s1. The first-order chi connectivity index (χ1) is 5.66. The fourth-order valence-corrected chi connectivity index (χ4v) is 2.18. The second-order valence-electron chi connectivity index (χ2n) is 2.42. The number of aliphatic carboxylic acids is 1. The van der Waals surface area contributed by atoms with Gasteiger partial charge < -0.3 is 15.7 Å². The van der Waals surface area contributed by atoms with Crippen molar-refractivity contribution >= 4 is 23.6 Å². The number of carbonyl (C=O) groups excluding carboxylic acids is 1. The predicted molar refractivity (Wildman–Crippen MR) is 44.6 cm³/mol. The highest BCUT2D eigenvalue weighted by molar-refractivity contribution is 7.99. The second-order valence-corrected chi connectivity index (χ2v) is 3.42. The number of nitrogens with zero attached hydrogens (tertiary/aromatic N) is 1. The summed E-state index contributed by atoms with van der Waals surface area (Å²) in [6.07, 6.45) is 0. The summed E-state index contributed by atoms with van der Waals surface area (Å²) in [7, 11) is 0. The van der Waals surface area contributed by atoms with E-state index in [1.54, 1.807) is 0 Å². The molecule has 1 saturated heterocycles. The van der Waals surface area contributed by atoms with Crippen molar-refractivity contribution in [3.8, 4) is 0 Å². The first-order valence-electron chi connectivity index (χ1n) is 3.47. The topological polar surface area (TPSA) is 83.6 Å². The number of carboxylic acids is 1. The van der Waals surface area contributed by atoms with Crippen molar-refractivity contribution in [3.63, 3.8) is 0 Å². The molecule has 3 N–H and O–H groups in total. The van der Waals surface area contributed by atoms with Crippen LogP contribution in [-0.4, -0.2) is 46.1 Å². The van der Waals surface area contributed by atoms with E-state index < -0.39 is 12.0 Å². The maximum absolute atomic E-state index is 11.1. The van der Waals surface area contributed by atoms with Gasteiger partial charge in [0.1, 0.15) is 6.04 Å². The summed E-state index contributed by atoms with van der Waals surface area (Å²) in [6.45, 7) is -0.121. The van der Waals surface area contributed by atoms with Crippen LogP contribution in [0.1, 0.15) is 0 Å². The van der Waals surface area contributed by atoms with Crippen molar-refractivity contribution in [1.82, 2.24) is 4.90 Å². The molecular weight excluding hydrogens is 180 g/mol. The molecule has 12 heavy (non-hydrogen) atoms. The number of carbonyl (C=O) groups is 2. The summed E-state index contributed by atoms with van der Waals surface area (Å²) < 4.78 is 0. The van der Waals surface area contributed by atoms with Crippen LogP contribution in [0.2, 0.25) is 0 Å². The van der Waals surface area contributed by atoms with Crippen LogP contribution in [0, 0.1) is 0 Å². The molecule has 1 heterocycles. The zero-order chi connectivity index (χ0) is 9.14. The Morgan fingerprint density at radius 2 is 2.33 bits per heavy atom. The number of carboxylic acid groups (broad SMARTS) is 1. The Morgan fingerprint density at radius 1 is 1.67 bits per heavy atom. The lowest BCUT2D eigenvalue weighted by Gasteiger charge is -2.19. The van der Waals surface area contributed by atoms with E-state index in [0.29, 0.717) is 11.6 Å². The number of hydrogen-bond acceptors (Lipinski definition) is 4. The van der Waals surface area contributed by atoms with Crippen LogP contribution >= 0.6 is 11.8 Å². The van der Waals surface area contributed by atoms with E-state index in [4.69, 9.17) is 10.8 Å². The molecule has 1 atom stereocenters. The van der Waals surface area contributed by atoms with Crippen molar-refractivity contribution < 1.29 is 14.7 Å². The highest BCUT2D eigenvalue weighted by Gasteiger charge is 2.33. The third-order valence-electron chi connectivity index (χ3n) is 1.66. The monoisotopic (exact) mass is 190 g/mol. The van der Waals surface area contributed by atoms with Crippen molar-refractivity contribution in [3.05, 3.63) is 0 Å². The highest BCUT2D eigenvalue weighted by atomic mass is 32.2. The van der Waals surface area contributed by atoms with Gasteiger partial charge in [0.05, 0.1) is 12.4 Å². The summed E-state index contributed by atoms with van der Waals surface area (Å²) in [5, 5.41) is 8.68. The molecule has 0 aromatic heterocycles. The lowest BCUT2D eigenvalue weighted by Crippen LogP contribution is -2.44. The molecule has 0 radical (unpaired) electrons. The van der Waals surface area contributed by atoms with Crippen molar-refractivity contribution in [2.45, 2.75) is 6.04 Å². The van der Waals surface area contributed by atoms with Gasteiger partial charge in [-0.05, 0) is 0 Å². The molecule has 0 saturated carbocycles. The molecule has 1 amide bonds. The Labute approximate surface area is 73.9 Å². The smallest absolute Gasteiger partial charge is 0.327 e. The molecule has 68 valence electrons. The lowest BCUT2D eigenvalue weighted by atomic mass is 10.3. The maximum Gasteiger partial charge on any atom is 0.327 e. The van der Waals surface area contributed by atoms with Gasteiger partial charge in [0.2, 0.25) is 5.91 Å². The summed E-state index contributed by atoms with van der Waals surface area (Å²) in [6, 6.07) is -0.689. The van der Waals surface area contributed by atoms with Gasteiger partial charge in [-0.1, -0.05) is 0 Å². The molecule has 1 fully saturated rings. The molecule has 1 aliphatic heterocycles. The first-order valence-corrected chi connectivity index (χ1v) is 4.62. The Kier molecular flexibility index (Phi) is 2.93. The largest absolute Gasteiger partial charge is 0.480 e. The normalized spacial score (nSPS) is 22.8. The summed E-state index contributed by atoms with van der Waals surface area (Å²) in [4.78, 5) is 22.9. The van der Waals surface area contributed by atoms with Crippen LogP contribution in [0.3, 0.4) is 0 Å². The molecule has 0 spiro atoms. The molecule has 0 unspecified atom stereocenters. The van der Waals surface area contributed by atoms with E-state index >= 15 is 0 Å². The van der Waals surface area contributed by atoms with Gasteiger partial charge in [-0.25, -0.2) is 4.79 Å². The Hall–Kier alpha value is -0.750. The maximum atomic E-state index is 11.1. The van der Waals surface area contributed by atoms with Crippen LogP contribution < -0.4 is 5.73 Å². The van der Waals surface area contributed by atoms with E-state index in [1.165, 1.54) is 16.7 Å². The van der Waals surface area contributed by atoms with Crippen LogP contribution in [0.4, 0.5) is 0 Å². The van der Waals surface area contributed by atoms with Gasteiger partial charge >= 0.3 is 5.97 Å². The molecule has 6 heteroatoms. The number of thioether (sulfide) groups is 1. The zero-order valence-electron chi connectivity index (χ0n) is 6.40. The molecule has 0 bridgehead atoms. The second kappa shape index (κ2) is 3.77. The van der Waals surface area contributed by atoms with Crippen LogP contribution in [0.15, 0.2) is 0 Å². The van der Waals surface area contributed by atoms with Crippen LogP contribution in [0.5, 0.6) is 0 Å². The fraction of sp³-hybridized carbons (Fsp3) is 0.667. The molecular formula is C6H10N2O3S. The predicted octanol–water partition coefficient (Wildman–Crippen LogP) is -1.07. The highest BCUT2D eigenvalue weighted by Crippen LogP contribution is 2.20. The van der Waals surface area contributed by atoms with Crippen LogP contribution in [-0.2, 0) is 9.59 Å². The van der Waals surface area contributed by atoms with E-state index in [1.807, 2.05) is 0 Å². The number of nitrogens with two attached hydrogens (primary N) is 1. The average Bonchev–Trinajstić information content (AvgIpc) is 2.50. The van der Waals surface area contributed by atoms with Crippen molar-refractivity contribution in [2.24, 2.45) is 5.73 Å². The molecule has 1 rings (SSSR count). The minimum atomic E-state index is -0.957. The van der Waals surface area contributed by atoms with Gasteiger partial charge in [-0.15, -0.1) is 11.8 Å². The average molecular weight is 190 g/mol. The molecule has 0 aliphatic carbocycles. The third kappa shape index (κ3) is 1.70. The van der Waals surface area contributed by atoms with Gasteiger partial charge in [-0.3, -0.25) is 4.79 Å². The van der Waals surface area contributed by atoms with Crippen molar-refractivity contribution in [2.75, 3.05) is 18.2 Å². The molecule has 0 aromatic rings. The first kappa shape index (κ1) is 9.34. The number of amides is 1. The summed E-state index contributed by atoms with van der Waals surface area (Å²) in [5.41, 5.74) is 5.12. The molecule has 5 nitrogen and oxygen atoms in total. The van der Waals surface area contributed by atoms with E-state index in [9.17, 15) is 9.59 Å². The summed E-state index contributed by atoms with van der Waals surface area (Å²) in [5.74, 6) is -0.358. The van der Waals surface area contributed by atoms with E-state index in [0.717, 1.165) is 0 Å². The van der Waals surface area contributed by atoms with E-state index in [-0.39, 0.29) is 12.5 Å². The lowest BCUT2D eigenvalue weighted by molar-refractivity contribution is -0.147. The number of rotatable bonds is 2. The third-order valence-corrected chi connectivity index (χ3v) is 2.67. The molecule has 0 aromatic carbocycles. The SMILES string of the molecule is NCC(=O)N1CSC[C@H]1C(=O)O.